The van der Waals surface area contributed by atoms with Gasteiger partial charge in [-0.1, -0.05) is 38.0 Å². The highest BCUT2D eigenvalue weighted by molar-refractivity contribution is 5.34. The summed E-state index contributed by atoms with van der Waals surface area (Å²) in [5.41, 5.74) is 1.23. The van der Waals surface area contributed by atoms with Gasteiger partial charge in [-0.2, -0.15) is 0 Å². The minimum atomic E-state index is -0.118. The molecule has 2 aliphatic heterocycles. The summed E-state index contributed by atoms with van der Waals surface area (Å²) in [7, 11) is 3.93. The third-order valence-corrected chi connectivity index (χ3v) is 5.68. The molecule has 140 valence electrons. The second-order valence-electron chi connectivity index (χ2n) is 8.63. The lowest BCUT2D eigenvalue weighted by Gasteiger charge is -2.26. The lowest BCUT2D eigenvalue weighted by atomic mass is 9.89. The molecule has 6 heteroatoms. The summed E-state index contributed by atoms with van der Waals surface area (Å²) in [6.45, 7) is 9.32. The first-order valence-corrected chi connectivity index (χ1v) is 9.30. The predicted molar refractivity (Wildman–Crippen MR) is 101 cm³/mol. The van der Waals surface area contributed by atoms with E-state index in [4.69, 9.17) is 9.15 Å². The molecular weight excluding hydrogens is 328 g/mol. The standard InChI is InChI=1S/C20H28N4O2/c1-20(2,3)18-21-22-19(26-18)24-11-14-10-23(4)17(16(14)12-24)13-6-8-15(25-5)9-7-13/h6-9,14,16-17H,10-12H2,1-5H3/t14-,16+,17+/m0/s1. The number of benzene rings is 1. The lowest BCUT2D eigenvalue weighted by Crippen LogP contribution is -2.29. The molecule has 3 heterocycles. The van der Waals surface area contributed by atoms with Crippen LogP contribution in [0.3, 0.4) is 0 Å². The van der Waals surface area contributed by atoms with Crippen LogP contribution in [-0.2, 0) is 5.41 Å². The van der Waals surface area contributed by atoms with Crippen molar-refractivity contribution in [2.75, 3.05) is 38.7 Å². The maximum Gasteiger partial charge on any atom is 0.318 e. The second-order valence-corrected chi connectivity index (χ2v) is 8.63. The monoisotopic (exact) mass is 356 g/mol. The molecule has 3 atom stereocenters. The number of hydrogen-bond donors (Lipinski definition) is 0. The van der Waals surface area contributed by atoms with Crippen molar-refractivity contribution < 1.29 is 9.15 Å². The van der Waals surface area contributed by atoms with E-state index in [0.29, 0.717) is 29.8 Å². The van der Waals surface area contributed by atoms with Crippen LogP contribution in [-0.4, -0.2) is 48.9 Å². The van der Waals surface area contributed by atoms with Crippen LogP contribution >= 0.6 is 0 Å². The van der Waals surface area contributed by atoms with Crippen molar-refractivity contribution in [3.63, 3.8) is 0 Å². The van der Waals surface area contributed by atoms with Gasteiger partial charge in [-0.25, -0.2) is 0 Å². The molecule has 0 N–H and O–H groups in total. The average molecular weight is 356 g/mol. The first-order valence-electron chi connectivity index (χ1n) is 9.30. The largest absolute Gasteiger partial charge is 0.497 e. The SMILES string of the molecule is COc1ccc([C@@H]2[C@@H]3CN(c4nnc(C(C)(C)C)o4)C[C@@H]3CN2C)cc1. The van der Waals surface area contributed by atoms with Gasteiger partial charge in [0.2, 0.25) is 5.89 Å². The molecule has 26 heavy (non-hydrogen) atoms. The predicted octanol–water partition coefficient (Wildman–Crippen LogP) is 3.11. The van der Waals surface area contributed by atoms with E-state index in [-0.39, 0.29) is 5.41 Å². The second kappa shape index (κ2) is 6.27. The molecule has 0 spiro atoms. The van der Waals surface area contributed by atoms with Crippen molar-refractivity contribution >= 4 is 6.01 Å². The van der Waals surface area contributed by atoms with Gasteiger partial charge in [-0.15, -0.1) is 5.10 Å². The first-order chi connectivity index (χ1) is 12.4. The molecule has 0 unspecified atom stereocenters. The number of ether oxygens (including phenoxy) is 1. The molecule has 2 saturated heterocycles. The van der Waals surface area contributed by atoms with Crippen molar-refractivity contribution in [2.24, 2.45) is 11.8 Å². The zero-order valence-electron chi connectivity index (χ0n) is 16.3. The number of hydrogen-bond acceptors (Lipinski definition) is 6. The van der Waals surface area contributed by atoms with Gasteiger partial charge in [0.1, 0.15) is 5.75 Å². The molecule has 6 nitrogen and oxygen atoms in total. The van der Waals surface area contributed by atoms with Crippen molar-refractivity contribution in [2.45, 2.75) is 32.2 Å². The van der Waals surface area contributed by atoms with Gasteiger partial charge in [-0.3, -0.25) is 4.90 Å². The summed E-state index contributed by atoms with van der Waals surface area (Å²) in [5.74, 6) is 2.79. The summed E-state index contributed by atoms with van der Waals surface area (Å²) in [4.78, 5) is 4.74. The van der Waals surface area contributed by atoms with Crippen LogP contribution < -0.4 is 9.64 Å². The fraction of sp³-hybridized carbons (Fsp3) is 0.600. The molecule has 0 aliphatic carbocycles. The number of likely N-dealkylation sites (tertiary alicyclic amines) is 1. The van der Waals surface area contributed by atoms with Crippen LogP contribution in [0.25, 0.3) is 0 Å². The Kier molecular flexibility index (Phi) is 4.18. The molecule has 1 aromatic carbocycles. The van der Waals surface area contributed by atoms with E-state index < -0.39 is 0 Å². The Balaban J connectivity index is 1.53. The number of anilines is 1. The van der Waals surface area contributed by atoms with Crippen LogP contribution in [0.15, 0.2) is 28.7 Å². The molecule has 0 saturated carbocycles. The number of rotatable bonds is 3. The first kappa shape index (κ1) is 17.3. The Labute approximate surface area is 155 Å². The van der Waals surface area contributed by atoms with Gasteiger partial charge in [0.25, 0.3) is 0 Å². The molecule has 0 bridgehead atoms. The Hall–Kier alpha value is -2.08. The van der Waals surface area contributed by atoms with Gasteiger partial charge in [-0.05, 0) is 30.7 Å². The van der Waals surface area contributed by atoms with Gasteiger partial charge in [0.15, 0.2) is 0 Å². The van der Waals surface area contributed by atoms with E-state index in [1.807, 2.05) is 0 Å². The van der Waals surface area contributed by atoms with Gasteiger partial charge >= 0.3 is 6.01 Å². The Morgan fingerprint density at radius 3 is 2.42 bits per heavy atom. The average Bonchev–Trinajstić information content (AvgIpc) is 3.28. The summed E-state index contributed by atoms with van der Waals surface area (Å²) in [6, 6.07) is 9.57. The van der Waals surface area contributed by atoms with E-state index >= 15 is 0 Å². The van der Waals surface area contributed by atoms with Gasteiger partial charge < -0.3 is 14.1 Å². The van der Waals surface area contributed by atoms with Crippen molar-refractivity contribution in [3.8, 4) is 5.75 Å². The maximum atomic E-state index is 5.97. The molecule has 2 aromatic rings. The number of fused-ring (bicyclic) bond motifs is 1. The number of aromatic nitrogens is 2. The Morgan fingerprint density at radius 2 is 1.81 bits per heavy atom. The summed E-state index contributed by atoms with van der Waals surface area (Å²) < 4.78 is 11.3. The molecular formula is C20H28N4O2. The third kappa shape index (κ3) is 2.96. The molecule has 1 aromatic heterocycles. The van der Waals surface area contributed by atoms with E-state index in [1.165, 1.54) is 5.56 Å². The highest BCUT2D eigenvalue weighted by Gasteiger charge is 2.47. The molecule has 2 aliphatic rings. The fourth-order valence-electron chi connectivity index (χ4n) is 4.36. The van der Waals surface area contributed by atoms with Crippen molar-refractivity contribution in [3.05, 3.63) is 35.7 Å². The van der Waals surface area contributed by atoms with E-state index in [9.17, 15) is 0 Å². The van der Waals surface area contributed by atoms with E-state index in [0.717, 1.165) is 25.4 Å². The zero-order valence-corrected chi connectivity index (χ0v) is 16.3. The van der Waals surface area contributed by atoms with Crippen LogP contribution in [0.4, 0.5) is 6.01 Å². The summed E-state index contributed by atoms with van der Waals surface area (Å²) >= 11 is 0. The van der Waals surface area contributed by atoms with Gasteiger partial charge in [0.05, 0.1) is 7.11 Å². The smallest absolute Gasteiger partial charge is 0.318 e. The summed E-state index contributed by atoms with van der Waals surface area (Å²) in [6.07, 6.45) is 0. The minimum Gasteiger partial charge on any atom is -0.497 e. The Morgan fingerprint density at radius 1 is 1.08 bits per heavy atom. The normalized spacial score (nSPS) is 26.3. The topological polar surface area (TPSA) is 54.6 Å². The maximum absolute atomic E-state index is 5.97. The van der Waals surface area contributed by atoms with Crippen LogP contribution in [0.1, 0.15) is 38.3 Å². The minimum absolute atomic E-state index is 0.118. The highest BCUT2D eigenvalue weighted by Crippen LogP contribution is 2.45. The Bertz CT molecular complexity index is 765. The third-order valence-electron chi connectivity index (χ3n) is 5.68. The summed E-state index contributed by atoms with van der Waals surface area (Å²) in [5, 5.41) is 8.57. The number of methoxy groups -OCH3 is 1. The molecule has 4 rings (SSSR count). The van der Waals surface area contributed by atoms with E-state index in [1.54, 1.807) is 7.11 Å². The van der Waals surface area contributed by atoms with Crippen LogP contribution in [0.2, 0.25) is 0 Å². The highest BCUT2D eigenvalue weighted by atomic mass is 16.5. The molecule has 0 amide bonds. The quantitative estimate of drug-likeness (QED) is 0.842. The fourth-order valence-corrected chi connectivity index (χ4v) is 4.36. The van der Waals surface area contributed by atoms with Crippen molar-refractivity contribution in [1.29, 1.82) is 0 Å². The number of nitrogens with zero attached hydrogens (tertiary/aromatic N) is 4. The zero-order chi connectivity index (χ0) is 18.5. The van der Waals surface area contributed by atoms with E-state index in [2.05, 4.69) is 72.1 Å². The lowest BCUT2D eigenvalue weighted by molar-refractivity contribution is 0.278. The van der Waals surface area contributed by atoms with Crippen LogP contribution in [0, 0.1) is 11.8 Å². The molecule has 0 radical (unpaired) electrons. The van der Waals surface area contributed by atoms with Crippen LogP contribution in [0.5, 0.6) is 5.75 Å². The van der Waals surface area contributed by atoms with Crippen molar-refractivity contribution in [1.82, 2.24) is 15.1 Å². The van der Waals surface area contributed by atoms with Gasteiger partial charge in [0, 0.05) is 37.0 Å². The molecule has 2 fully saturated rings.